The van der Waals surface area contributed by atoms with E-state index < -0.39 is 0 Å². The average molecular weight is 296 g/mol. The third kappa shape index (κ3) is 3.43. The van der Waals surface area contributed by atoms with E-state index in [1.165, 1.54) is 12.3 Å². The van der Waals surface area contributed by atoms with E-state index in [0.29, 0.717) is 12.1 Å². The van der Waals surface area contributed by atoms with Gasteiger partial charge in [-0.1, -0.05) is 23.2 Å². The molecule has 98 valence electrons. The van der Waals surface area contributed by atoms with Crippen LogP contribution in [0.25, 0.3) is 0 Å². The van der Waals surface area contributed by atoms with Crippen molar-refractivity contribution < 1.29 is 4.79 Å². The van der Waals surface area contributed by atoms with E-state index in [9.17, 15) is 4.79 Å². The molecule has 0 aliphatic heterocycles. The summed E-state index contributed by atoms with van der Waals surface area (Å²) in [5.41, 5.74) is 2.41. The Balaban J connectivity index is 2.05. The van der Waals surface area contributed by atoms with Crippen molar-refractivity contribution in [2.45, 2.75) is 13.5 Å². The Morgan fingerprint density at radius 2 is 2.16 bits per heavy atom. The molecule has 2 rings (SSSR count). The molecule has 2 aromatic rings. The van der Waals surface area contributed by atoms with Gasteiger partial charge in [0.05, 0.1) is 10.6 Å². The monoisotopic (exact) mass is 295 g/mol. The Kier molecular flexibility index (Phi) is 4.35. The first-order valence-electron chi connectivity index (χ1n) is 5.56. The highest BCUT2D eigenvalue weighted by molar-refractivity contribution is 6.41. The molecule has 2 heterocycles. The van der Waals surface area contributed by atoms with Crippen molar-refractivity contribution >= 4 is 29.1 Å². The number of pyridine rings is 2. The van der Waals surface area contributed by atoms with Gasteiger partial charge in [0.15, 0.2) is 0 Å². The quantitative estimate of drug-likeness (QED) is 0.886. The molecule has 0 fully saturated rings. The van der Waals surface area contributed by atoms with Crippen molar-refractivity contribution in [3.05, 3.63) is 57.6 Å². The van der Waals surface area contributed by atoms with Gasteiger partial charge in [-0.2, -0.15) is 0 Å². The summed E-state index contributed by atoms with van der Waals surface area (Å²) in [6, 6.07) is 3.36. The van der Waals surface area contributed by atoms with Gasteiger partial charge in [-0.3, -0.25) is 9.78 Å². The number of carbonyl (C=O) groups excluding carboxylic acids is 1. The highest BCUT2D eigenvalue weighted by Gasteiger charge is 2.09. The maximum atomic E-state index is 11.9. The standard InChI is InChI=1S/C13H11Cl2N3O/c1-8-5-16-3-2-9(8)6-18-13(19)10-4-11(14)12(15)17-7-10/h2-5,7H,6H2,1H3,(H,18,19). The summed E-state index contributed by atoms with van der Waals surface area (Å²) >= 11 is 11.5. The van der Waals surface area contributed by atoms with Crippen LogP contribution >= 0.6 is 23.2 Å². The minimum absolute atomic E-state index is 0.184. The lowest BCUT2D eigenvalue weighted by atomic mass is 10.1. The third-order valence-corrected chi connectivity index (χ3v) is 3.32. The van der Waals surface area contributed by atoms with E-state index >= 15 is 0 Å². The molecule has 2 aromatic heterocycles. The second kappa shape index (κ2) is 5.99. The lowest BCUT2D eigenvalue weighted by molar-refractivity contribution is 0.0950. The molecular weight excluding hydrogens is 285 g/mol. The first kappa shape index (κ1) is 13.8. The molecule has 0 unspecified atom stereocenters. The summed E-state index contributed by atoms with van der Waals surface area (Å²) in [6.07, 6.45) is 4.83. The number of rotatable bonds is 3. The second-order valence-corrected chi connectivity index (χ2v) is 4.75. The van der Waals surface area contributed by atoms with Crippen LogP contribution in [0.3, 0.4) is 0 Å². The van der Waals surface area contributed by atoms with E-state index in [2.05, 4.69) is 15.3 Å². The number of hydrogen-bond acceptors (Lipinski definition) is 3. The summed E-state index contributed by atoms with van der Waals surface area (Å²) in [4.78, 5) is 19.8. The molecule has 4 nitrogen and oxygen atoms in total. The summed E-state index contributed by atoms with van der Waals surface area (Å²) in [6.45, 7) is 2.36. The molecule has 0 bridgehead atoms. The highest BCUT2D eigenvalue weighted by atomic mass is 35.5. The molecule has 0 spiro atoms. The molecule has 0 saturated carbocycles. The molecule has 0 atom stereocenters. The van der Waals surface area contributed by atoms with Gasteiger partial charge in [-0.05, 0) is 30.2 Å². The molecular formula is C13H11Cl2N3O. The lowest BCUT2D eigenvalue weighted by Crippen LogP contribution is -2.23. The van der Waals surface area contributed by atoms with Gasteiger partial charge in [0, 0.05) is 25.1 Å². The molecule has 0 aliphatic rings. The Morgan fingerprint density at radius 3 is 2.84 bits per heavy atom. The van der Waals surface area contributed by atoms with Gasteiger partial charge >= 0.3 is 0 Å². The van der Waals surface area contributed by atoms with Crippen molar-refractivity contribution in [3.8, 4) is 0 Å². The van der Waals surface area contributed by atoms with Crippen LogP contribution in [0.1, 0.15) is 21.5 Å². The van der Waals surface area contributed by atoms with Crippen LogP contribution in [0.15, 0.2) is 30.7 Å². The van der Waals surface area contributed by atoms with Crippen LogP contribution in [0.4, 0.5) is 0 Å². The van der Waals surface area contributed by atoms with E-state index in [1.54, 1.807) is 12.4 Å². The Bertz CT molecular complexity index is 617. The summed E-state index contributed by atoms with van der Waals surface area (Å²) in [7, 11) is 0. The molecule has 0 aromatic carbocycles. The number of nitrogens with zero attached hydrogens (tertiary/aromatic N) is 2. The Morgan fingerprint density at radius 1 is 1.37 bits per heavy atom. The molecule has 0 saturated heterocycles. The van der Waals surface area contributed by atoms with Crippen molar-refractivity contribution in [2.75, 3.05) is 0 Å². The zero-order valence-corrected chi connectivity index (χ0v) is 11.7. The number of nitrogens with one attached hydrogen (secondary N) is 1. The Hall–Kier alpha value is -1.65. The Labute approximate surface area is 120 Å². The van der Waals surface area contributed by atoms with E-state index in [-0.39, 0.29) is 16.1 Å². The van der Waals surface area contributed by atoms with Gasteiger partial charge in [0.2, 0.25) is 0 Å². The van der Waals surface area contributed by atoms with Crippen molar-refractivity contribution in [3.63, 3.8) is 0 Å². The fourth-order valence-electron chi connectivity index (χ4n) is 1.52. The summed E-state index contributed by atoms with van der Waals surface area (Å²) in [5.74, 6) is -0.248. The van der Waals surface area contributed by atoms with Crippen molar-refractivity contribution in [1.82, 2.24) is 15.3 Å². The van der Waals surface area contributed by atoms with Crippen molar-refractivity contribution in [2.24, 2.45) is 0 Å². The van der Waals surface area contributed by atoms with Gasteiger partial charge < -0.3 is 5.32 Å². The smallest absolute Gasteiger partial charge is 0.253 e. The first-order chi connectivity index (χ1) is 9.08. The zero-order valence-electron chi connectivity index (χ0n) is 10.2. The third-order valence-electron chi connectivity index (χ3n) is 2.63. The fourth-order valence-corrected chi connectivity index (χ4v) is 1.79. The molecule has 6 heteroatoms. The topological polar surface area (TPSA) is 54.9 Å². The number of hydrogen-bond donors (Lipinski definition) is 1. The SMILES string of the molecule is Cc1cnccc1CNC(=O)c1cnc(Cl)c(Cl)c1. The maximum Gasteiger partial charge on any atom is 0.253 e. The number of aryl methyl sites for hydroxylation is 1. The zero-order chi connectivity index (χ0) is 13.8. The van der Waals surface area contributed by atoms with E-state index in [0.717, 1.165) is 11.1 Å². The predicted octanol–water partition coefficient (Wildman–Crippen LogP) is 3.02. The fraction of sp³-hybridized carbons (Fsp3) is 0.154. The molecule has 1 amide bonds. The van der Waals surface area contributed by atoms with Crippen LogP contribution in [0.2, 0.25) is 10.2 Å². The first-order valence-corrected chi connectivity index (χ1v) is 6.32. The normalized spacial score (nSPS) is 10.3. The van der Waals surface area contributed by atoms with Gasteiger partial charge in [-0.25, -0.2) is 4.98 Å². The molecule has 0 radical (unpaired) electrons. The molecule has 1 N–H and O–H groups in total. The van der Waals surface area contributed by atoms with Gasteiger partial charge in [0.25, 0.3) is 5.91 Å². The van der Waals surface area contributed by atoms with Crippen molar-refractivity contribution in [1.29, 1.82) is 0 Å². The summed E-state index contributed by atoms with van der Waals surface area (Å²) < 4.78 is 0. The molecule has 0 aliphatic carbocycles. The predicted molar refractivity (Wildman–Crippen MR) is 74.4 cm³/mol. The minimum atomic E-state index is -0.248. The number of halogens is 2. The largest absolute Gasteiger partial charge is 0.348 e. The van der Waals surface area contributed by atoms with Crippen LogP contribution in [0, 0.1) is 6.92 Å². The maximum absolute atomic E-state index is 11.9. The molecule has 19 heavy (non-hydrogen) atoms. The second-order valence-electron chi connectivity index (χ2n) is 3.98. The van der Waals surface area contributed by atoms with Gasteiger partial charge in [0.1, 0.15) is 5.15 Å². The number of carbonyl (C=O) groups is 1. The highest BCUT2D eigenvalue weighted by Crippen LogP contribution is 2.19. The average Bonchev–Trinajstić information content (AvgIpc) is 2.40. The van der Waals surface area contributed by atoms with Crippen LogP contribution in [-0.4, -0.2) is 15.9 Å². The van der Waals surface area contributed by atoms with E-state index in [1.807, 2.05) is 13.0 Å². The summed E-state index contributed by atoms with van der Waals surface area (Å²) in [5, 5.41) is 3.24. The van der Waals surface area contributed by atoms with E-state index in [4.69, 9.17) is 23.2 Å². The van der Waals surface area contributed by atoms with Crippen LogP contribution in [0.5, 0.6) is 0 Å². The number of aromatic nitrogens is 2. The number of amides is 1. The van der Waals surface area contributed by atoms with Crippen LogP contribution < -0.4 is 5.32 Å². The van der Waals surface area contributed by atoms with Gasteiger partial charge in [-0.15, -0.1) is 0 Å². The van der Waals surface area contributed by atoms with Crippen LogP contribution in [-0.2, 0) is 6.54 Å². The minimum Gasteiger partial charge on any atom is -0.348 e. The lowest BCUT2D eigenvalue weighted by Gasteiger charge is -2.07.